The van der Waals surface area contributed by atoms with E-state index in [1.165, 1.54) is 23.1 Å². The SMILES string of the molecule is CCN(C(=O)ONC(=O)OC)C(C)C.c1cc2cc-2c1. The summed E-state index contributed by atoms with van der Waals surface area (Å²) in [5.41, 5.74) is 4.70. The Labute approximate surface area is 118 Å². The fourth-order valence-corrected chi connectivity index (χ4v) is 1.57. The predicted octanol–water partition coefficient (Wildman–Crippen LogP) is 2.79. The summed E-state index contributed by atoms with van der Waals surface area (Å²) in [6.45, 7) is 6.03. The van der Waals surface area contributed by atoms with E-state index >= 15 is 0 Å². The van der Waals surface area contributed by atoms with Crippen LogP contribution in [0.5, 0.6) is 0 Å². The Balaban J connectivity index is 0.000000267. The molecule has 0 saturated heterocycles. The van der Waals surface area contributed by atoms with E-state index < -0.39 is 12.2 Å². The van der Waals surface area contributed by atoms with Gasteiger partial charge in [-0.25, -0.2) is 9.59 Å². The number of nitrogens with one attached hydrogen (secondary N) is 1. The van der Waals surface area contributed by atoms with Crippen molar-refractivity contribution in [2.75, 3.05) is 13.7 Å². The van der Waals surface area contributed by atoms with Crippen molar-refractivity contribution in [2.24, 2.45) is 0 Å². The predicted molar refractivity (Wildman–Crippen MR) is 75.0 cm³/mol. The van der Waals surface area contributed by atoms with E-state index in [9.17, 15) is 9.59 Å². The number of amides is 2. The number of ether oxygens (including phenoxy) is 1. The molecule has 2 rings (SSSR count). The van der Waals surface area contributed by atoms with Crippen molar-refractivity contribution >= 4 is 12.2 Å². The maximum Gasteiger partial charge on any atom is 0.440 e. The van der Waals surface area contributed by atoms with Crippen LogP contribution in [0.2, 0.25) is 0 Å². The standard InChI is InChI=1S/C8H16N2O4.C6H4/c1-5-10(6(2)3)8(12)14-9-7(11)13-4;1-2-5-4-6(5)3-1/h6H,5H2,1-4H3,(H,9,11);1-4H. The second-order valence-electron chi connectivity index (χ2n) is 4.42. The Bertz CT molecular complexity index is 457. The van der Waals surface area contributed by atoms with Crippen LogP contribution in [0, 0.1) is 0 Å². The average molecular weight is 280 g/mol. The van der Waals surface area contributed by atoms with Crippen molar-refractivity contribution in [2.45, 2.75) is 26.8 Å². The molecule has 1 N–H and O–H groups in total. The topological polar surface area (TPSA) is 67.9 Å². The number of carbonyl (C=O) groups is 2. The fraction of sp³-hybridized carbons (Fsp3) is 0.429. The van der Waals surface area contributed by atoms with Gasteiger partial charge >= 0.3 is 12.2 Å². The van der Waals surface area contributed by atoms with Gasteiger partial charge in [0.1, 0.15) is 0 Å². The Morgan fingerprint density at radius 2 is 1.90 bits per heavy atom. The van der Waals surface area contributed by atoms with Gasteiger partial charge in [-0.1, -0.05) is 18.2 Å². The summed E-state index contributed by atoms with van der Waals surface area (Å²) in [6.07, 6.45) is -1.41. The Hall–Kier alpha value is -2.24. The minimum Gasteiger partial charge on any atom is -0.451 e. The molecular weight excluding hydrogens is 260 g/mol. The Morgan fingerprint density at radius 3 is 2.20 bits per heavy atom. The van der Waals surface area contributed by atoms with Crippen LogP contribution in [0.25, 0.3) is 11.1 Å². The molecule has 0 heterocycles. The number of hydroxylamine groups is 1. The van der Waals surface area contributed by atoms with E-state index in [-0.39, 0.29) is 6.04 Å². The number of hydrogen-bond donors (Lipinski definition) is 1. The molecule has 0 aliphatic heterocycles. The normalized spacial score (nSPS) is 10.1. The van der Waals surface area contributed by atoms with Crippen molar-refractivity contribution in [1.29, 1.82) is 0 Å². The highest BCUT2D eigenvalue weighted by molar-refractivity contribution is 5.80. The van der Waals surface area contributed by atoms with Crippen LogP contribution in [-0.2, 0) is 9.57 Å². The van der Waals surface area contributed by atoms with Gasteiger partial charge in [-0.2, -0.15) is 0 Å². The summed E-state index contributed by atoms with van der Waals surface area (Å²) in [5, 5.41) is 0. The van der Waals surface area contributed by atoms with Gasteiger partial charge in [0.25, 0.3) is 0 Å². The van der Waals surface area contributed by atoms with Crippen LogP contribution in [0.4, 0.5) is 9.59 Å². The third-order valence-electron chi connectivity index (χ3n) is 2.72. The second-order valence-corrected chi connectivity index (χ2v) is 4.42. The highest BCUT2D eigenvalue weighted by Crippen LogP contribution is 2.32. The van der Waals surface area contributed by atoms with Crippen molar-refractivity contribution in [3.8, 4) is 11.1 Å². The molecule has 0 bridgehead atoms. The minimum absolute atomic E-state index is 0.0203. The minimum atomic E-state index is -0.807. The molecule has 6 nitrogen and oxygen atoms in total. The first-order chi connectivity index (χ1) is 9.49. The summed E-state index contributed by atoms with van der Waals surface area (Å²) in [5.74, 6) is 0. The number of rotatable bonds is 2. The molecule has 0 radical (unpaired) electrons. The number of benzene rings is 1. The fourth-order valence-electron chi connectivity index (χ4n) is 1.57. The lowest BCUT2D eigenvalue weighted by molar-refractivity contribution is 0.0433. The second kappa shape index (κ2) is 7.37. The van der Waals surface area contributed by atoms with Gasteiger partial charge in [-0.15, -0.1) is 5.48 Å². The number of carbonyl (C=O) groups excluding carboxylic acids is 2. The van der Waals surface area contributed by atoms with Crippen LogP contribution in [0.1, 0.15) is 20.8 Å². The van der Waals surface area contributed by atoms with Crippen LogP contribution in [-0.4, -0.2) is 36.8 Å². The number of nitrogens with zero attached hydrogens (tertiary/aromatic N) is 1. The van der Waals surface area contributed by atoms with E-state index in [4.69, 9.17) is 0 Å². The third kappa shape index (κ3) is 4.79. The maximum absolute atomic E-state index is 11.3. The first-order valence-electron chi connectivity index (χ1n) is 6.41. The third-order valence-corrected chi connectivity index (χ3v) is 2.72. The molecule has 2 amide bonds. The van der Waals surface area contributed by atoms with Gasteiger partial charge in [-0.3, -0.25) is 0 Å². The lowest BCUT2D eigenvalue weighted by Gasteiger charge is -2.23. The van der Waals surface area contributed by atoms with E-state index in [2.05, 4.69) is 33.8 Å². The molecule has 110 valence electrons. The van der Waals surface area contributed by atoms with Gasteiger partial charge in [0.15, 0.2) is 0 Å². The molecule has 2 aliphatic carbocycles. The summed E-state index contributed by atoms with van der Waals surface area (Å²) < 4.78 is 4.23. The molecule has 0 atom stereocenters. The van der Waals surface area contributed by atoms with Crippen LogP contribution < -0.4 is 5.48 Å². The van der Waals surface area contributed by atoms with E-state index in [0.717, 1.165) is 0 Å². The quantitative estimate of drug-likeness (QED) is 0.859. The van der Waals surface area contributed by atoms with Gasteiger partial charge in [0.2, 0.25) is 0 Å². The highest BCUT2D eigenvalue weighted by atomic mass is 16.7. The molecule has 6 heteroatoms. The van der Waals surface area contributed by atoms with E-state index in [1.54, 1.807) is 0 Å². The molecular formula is C14H20N2O4. The molecule has 0 unspecified atom stereocenters. The van der Waals surface area contributed by atoms with Crippen molar-refractivity contribution < 1.29 is 19.2 Å². The van der Waals surface area contributed by atoms with Crippen molar-refractivity contribution in [1.82, 2.24) is 10.4 Å². The molecule has 2 aliphatic rings. The monoisotopic (exact) mass is 280 g/mol. The van der Waals surface area contributed by atoms with E-state index in [0.29, 0.717) is 6.54 Å². The molecule has 0 saturated carbocycles. The molecule has 0 aromatic heterocycles. The van der Waals surface area contributed by atoms with Crippen molar-refractivity contribution in [3.05, 3.63) is 24.3 Å². The zero-order chi connectivity index (χ0) is 15.1. The zero-order valence-electron chi connectivity index (χ0n) is 12.2. The van der Waals surface area contributed by atoms with Crippen LogP contribution in [0.15, 0.2) is 24.3 Å². The summed E-state index contributed by atoms with van der Waals surface area (Å²) in [4.78, 5) is 27.8. The Morgan fingerprint density at radius 1 is 1.30 bits per heavy atom. The summed E-state index contributed by atoms with van der Waals surface area (Å²) in [6, 6.07) is 8.50. The lowest BCUT2D eigenvalue weighted by atomic mass is 10.3. The lowest BCUT2D eigenvalue weighted by Crippen LogP contribution is -2.41. The average Bonchev–Trinajstić information content (AvgIpc) is 3.03. The van der Waals surface area contributed by atoms with Gasteiger partial charge in [-0.05, 0) is 38.0 Å². The van der Waals surface area contributed by atoms with Gasteiger partial charge in [0, 0.05) is 12.6 Å². The summed E-state index contributed by atoms with van der Waals surface area (Å²) >= 11 is 0. The molecule has 20 heavy (non-hydrogen) atoms. The van der Waals surface area contributed by atoms with Gasteiger partial charge < -0.3 is 14.5 Å². The molecule has 0 aromatic rings. The van der Waals surface area contributed by atoms with Crippen LogP contribution >= 0.6 is 0 Å². The Kier molecular flexibility index (Phi) is 5.83. The molecule has 0 spiro atoms. The number of hydrogen-bond acceptors (Lipinski definition) is 4. The molecule has 0 aromatic carbocycles. The first-order valence-corrected chi connectivity index (χ1v) is 6.41. The molecule has 0 fully saturated rings. The summed E-state index contributed by atoms with van der Waals surface area (Å²) in [7, 11) is 1.18. The number of fused-ring (bicyclic) bond motifs is 1. The largest absolute Gasteiger partial charge is 0.451 e. The van der Waals surface area contributed by atoms with E-state index in [1.807, 2.05) is 26.3 Å². The number of methoxy groups -OCH3 is 1. The van der Waals surface area contributed by atoms with Gasteiger partial charge in [0.05, 0.1) is 7.11 Å². The van der Waals surface area contributed by atoms with Crippen LogP contribution in [0.3, 0.4) is 0 Å². The van der Waals surface area contributed by atoms with Crippen molar-refractivity contribution in [3.63, 3.8) is 0 Å². The maximum atomic E-state index is 11.3. The zero-order valence-corrected chi connectivity index (χ0v) is 12.2. The highest BCUT2D eigenvalue weighted by Gasteiger charge is 2.17. The smallest absolute Gasteiger partial charge is 0.440 e. The first kappa shape index (κ1) is 15.8.